The number of nitrogens with one attached hydrogen (secondary N) is 1. The van der Waals surface area contributed by atoms with Gasteiger partial charge in [-0.3, -0.25) is 13.9 Å². The normalized spacial score (nSPS) is 12.2. The molecule has 0 saturated carbocycles. The highest BCUT2D eigenvalue weighted by atomic mass is 35.5. The van der Waals surface area contributed by atoms with E-state index in [1.54, 1.807) is 68.4 Å². The molecule has 0 spiro atoms. The summed E-state index contributed by atoms with van der Waals surface area (Å²) >= 11 is 12.6. The summed E-state index contributed by atoms with van der Waals surface area (Å²) in [7, 11) is -4.18. The van der Waals surface area contributed by atoms with Crippen molar-refractivity contribution in [2.45, 2.75) is 52.1 Å². The van der Waals surface area contributed by atoms with Crippen LogP contribution < -0.4 is 9.62 Å². The number of anilines is 1. The summed E-state index contributed by atoms with van der Waals surface area (Å²) in [6.07, 6.45) is 0. The van der Waals surface area contributed by atoms with Crippen LogP contribution in [0.4, 0.5) is 5.69 Å². The van der Waals surface area contributed by atoms with Gasteiger partial charge in [0.25, 0.3) is 10.0 Å². The van der Waals surface area contributed by atoms with Gasteiger partial charge in [0.15, 0.2) is 0 Å². The molecule has 0 aromatic heterocycles. The number of rotatable bonds is 11. The van der Waals surface area contributed by atoms with E-state index in [1.165, 1.54) is 17.0 Å². The van der Waals surface area contributed by atoms with E-state index in [0.29, 0.717) is 27.7 Å². The number of hydrogen-bond donors (Lipinski definition) is 1. The van der Waals surface area contributed by atoms with Gasteiger partial charge in [-0.15, -0.1) is 0 Å². The van der Waals surface area contributed by atoms with Crippen LogP contribution in [-0.4, -0.2) is 44.3 Å². The van der Waals surface area contributed by atoms with Crippen molar-refractivity contribution >= 4 is 50.7 Å². The highest BCUT2D eigenvalue weighted by Crippen LogP contribution is 2.31. The van der Waals surface area contributed by atoms with Gasteiger partial charge in [-0.05, 0) is 74.2 Å². The molecule has 1 atom stereocenters. The van der Waals surface area contributed by atoms with Crippen molar-refractivity contribution < 1.29 is 18.0 Å². The topological polar surface area (TPSA) is 86.8 Å². The molecule has 0 radical (unpaired) electrons. The molecule has 0 heterocycles. The molecule has 2 amide bonds. The second kappa shape index (κ2) is 13.5. The van der Waals surface area contributed by atoms with E-state index in [2.05, 4.69) is 5.32 Å². The number of carbonyl (C=O) groups excluding carboxylic acids is 2. The predicted octanol–water partition coefficient (Wildman–Crippen LogP) is 6.00. The van der Waals surface area contributed by atoms with Crippen LogP contribution in [0.15, 0.2) is 71.6 Å². The lowest BCUT2D eigenvalue weighted by Crippen LogP contribution is -2.51. The average Bonchev–Trinajstić information content (AvgIpc) is 2.90. The maximum Gasteiger partial charge on any atom is 0.264 e. The minimum Gasteiger partial charge on any atom is -0.354 e. The van der Waals surface area contributed by atoms with Crippen molar-refractivity contribution in [2.24, 2.45) is 5.92 Å². The Morgan fingerprint density at radius 3 is 2.20 bits per heavy atom. The van der Waals surface area contributed by atoms with Crippen LogP contribution >= 0.6 is 23.2 Å². The molecule has 1 N–H and O–H groups in total. The van der Waals surface area contributed by atoms with Gasteiger partial charge in [-0.2, -0.15) is 0 Å². The van der Waals surface area contributed by atoms with Gasteiger partial charge in [-0.1, -0.05) is 72.9 Å². The van der Waals surface area contributed by atoms with E-state index in [-0.39, 0.29) is 29.0 Å². The van der Waals surface area contributed by atoms with Crippen LogP contribution in [0.25, 0.3) is 0 Å². The van der Waals surface area contributed by atoms with Crippen LogP contribution in [0.5, 0.6) is 0 Å². The molecule has 0 unspecified atom stereocenters. The Labute approximate surface area is 247 Å². The quantitative estimate of drug-likeness (QED) is 0.291. The monoisotopic (exact) mass is 603 g/mol. The average molecular weight is 605 g/mol. The van der Waals surface area contributed by atoms with Gasteiger partial charge in [0.2, 0.25) is 11.8 Å². The van der Waals surface area contributed by atoms with Crippen LogP contribution in [0.3, 0.4) is 0 Å². The summed E-state index contributed by atoms with van der Waals surface area (Å²) in [5.41, 5.74) is 2.39. The Hall–Kier alpha value is -3.07. The Morgan fingerprint density at radius 2 is 1.57 bits per heavy atom. The summed E-state index contributed by atoms with van der Waals surface area (Å²) in [6.45, 7) is 9.09. The summed E-state index contributed by atoms with van der Waals surface area (Å²) < 4.78 is 29.0. The van der Waals surface area contributed by atoms with Gasteiger partial charge in [0, 0.05) is 23.1 Å². The molecule has 0 aliphatic rings. The second-order valence-corrected chi connectivity index (χ2v) is 12.9. The first-order valence-electron chi connectivity index (χ1n) is 13.0. The SMILES string of the molecule is Cc1ccc(S(=O)(=O)N(CC(=O)N(Cc2cccc(Cl)c2)[C@H](C)C(=O)NCC(C)C)c2cccc(Cl)c2C)cc1. The fraction of sp³-hybridized carbons (Fsp3) is 0.333. The maximum absolute atomic E-state index is 14.0. The Bertz CT molecular complexity index is 1460. The van der Waals surface area contributed by atoms with E-state index in [9.17, 15) is 18.0 Å². The third-order valence-corrected chi connectivity index (χ3v) is 8.91. The standard InChI is InChI=1S/C30H35Cl2N3O4S/c1-20(2)17-33-30(37)23(5)34(18-24-8-6-9-25(31)16-24)29(36)19-35(28-11-7-10-27(32)22(28)4)40(38,39)26-14-12-21(3)13-15-26/h6-16,20,23H,17-19H2,1-5H3,(H,33,37)/t23-/m1/s1. The van der Waals surface area contributed by atoms with Gasteiger partial charge < -0.3 is 10.2 Å². The zero-order valence-corrected chi connectivity index (χ0v) is 25.6. The molecular formula is C30H35Cl2N3O4S. The molecule has 3 aromatic rings. The van der Waals surface area contributed by atoms with E-state index >= 15 is 0 Å². The van der Waals surface area contributed by atoms with Crippen molar-refractivity contribution in [3.05, 3.63) is 93.5 Å². The van der Waals surface area contributed by atoms with Gasteiger partial charge in [0.05, 0.1) is 10.6 Å². The highest BCUT2D eigenvalue weighted by Gasteiger charge is 2.33. The van der Waals surface area contributed by atoms with Gasteiger partial charge in [-0.25, -0.2) is 8.42 Å². The second-order valence-electron chi connectivity index (χ2n) is 10.2. The number of halogens is 2. The fourth-order valence-corrected chi connectivity index (χ4v) is 5.94. The molecular weight excluding hydrogens is 569 g/mol. The number of sulfonamides is 1. The molecule has 7 nitrogen and oxygen atoms in total. The minimum absolute atomic E-state index is 0.0365. The lowest BCUT2D eigenvalue weighted by atomic mass is 10.1. The summed E-state index contributed by atoms with van der Waals surface area (Å²) in [5, 5.41) is 3.72. The third kappa shape index (κ3) is 7.77. The number of amides is 2. The molecule has 0 saturated heterocycles. The molecule has 0 aliphatic carbocycles. The van der Waals surface area contributed by atoms with Crippen LogP contribution in [0, 0.1) is 19.8 Å². The molecule has 3 rings (SSSR count). The number of aryl methyl sites for hydroxylation is 1. The van der Waals surface area contributed by atoms with E-state index in [4.69, 9.17) is 23.2 Å². The predicted molar refractivity (Wildman–Crippen MR) is 161 cm³/mol. The van der Waals surface area contributed by atoms with Crippen molar-refractivity contribution in [1.82, 2.24) is 10.2 Å². The largest absolute Gasteiger partial charge is 0.354 e. The highest BCUT2D eigenvalue weighted by molar-refractivity contribution is 7.92. The smallest absolute Gasteiger partial charge is 0.264 e. The lowest BCUT2D eigenvalue weighted by molar-refractivity contribution is -0.139. The molecule has 214 valence electrons. The number of hydrogen-bond acceptors (Lipinski definition) is 4. The van der Waals surface area contributed by atoms with Crippen LogP contribution in [-0.2, 0) is 26.2 Å². The van der Waals surface area contributed by atoms with Crippen molar-refractivity contribution in [1.29, 1.82) is 0 Å². The van der Waals surface area contributed by atoms with Crippen LogP contribution in [0.2, 0.25) is 10.0 Å². The van der Waals surface area contributed by atoms with E-state index in [0.717, 1.165) is 9.87 Å². The number of benzene rings is 3. The molecule has 3 aromatic carbocycles. The molecule has 0 bridgehead atoms. The fourth-order valence-electron chi connectivity index (χ4n) is 4.08. The number of nitrogens with zero attached hydrogens (tertiary/aromatic N) is 2. The molecule has 0 aliphatic heterocycles. The van der Waals surface area contributed by atoms with Gasteiger partial charge in [0.1, 0.15) is 12.6 Å². The molecule has 10 heteroatoms. The van der Waals surface area contributed by atoms with E-state index < -0.39 is 28.5 Å². The first-order valence-corrected chi connectivity index (χ1v) is 15.2. The minimum atomic E-state index is -4.18. The Balaban J connectivity index is 2.06. The van der Waals surface area contributed by atoms with Gasteiger partial charge >= 0.3 is 0 Å². The van der Waals surface area contributed by atoms with E-state index in [1.807, 2.05) is 20.8 Å². The first-order chi connectivity index (χ1) is 18.8. The third-order valence-electron chi connectivity index (χ3n) is 6.49. The van der Waals surface area contributed by atoms with Crippen molar-refractivity contribution in [2.75, 3.05) is 17.4 Å². The van der Waals surface area contributed by atoms with Crippen LogP contribution in [0.1, 0.15) is 37.5 Å². The summed E-state index contributed by atoms with van der Waals surface area (Å²) in [4.78, 5) is 28.5. The molecule has 0 fully saturated rings. The van der Waals surface area contributed by atoms with Crippen molar-refractivity contribution in [3.8, 4) is 0 Å². The Morgan fingerprint density at radius 1 is 0.925 bits per heavy atom. The lowest BCUT2D eigenvalue weighted by Gasteiger charge is -2.32. The summed E-state index contributed by atoms with van der Waals surface area (Å²) in [5.74, 6) is -0.674. The number of carbonyl (C=O) groups is 2. The maximum atomic E-state index is 14.0. The van der Waals surface area contributed by atoms with Crippen molar-refractivity contribution in [3.63, 3.8) is 0 Å². The first kappa shape index (κ1) is 31.5. The zero-order valence-electron chi connectivity index (χ0n) is 23.3. The molecule has 40 heavy (non-hydrogen) atoms. The zero-order chi connectivity index (χ0) is 29.6. The Kier molecular flexibility index (Phi) is 10.6. The summed E-state index contributed by atoms with van der Waals surface area (Å²) in [6, 6.07) is 17.4.